The van der Waals surface area contributed by atoms with Crippen LogP contribution in [-0.2, 0) is 0 Å². The Morgan fingerprint density at radius 2 is 2.00 bits per heavy atom. The minimum Gasteiger partial charge on any atom is -0.506 e. The van der Waals surface area contributed by atoms with Gasteiger partial charge in [-0.1, -0.05) is 24.3 Å². The predicted octanol–water partition coefficient (Wildman–Crippen LogP) is 2.27. The van der Waals surface area contributed by atoms with Gasteiger partial charge in [0.25, 0.3) is 0 Å². The molecule has 0 amide bonds. The average molecular weight is 199 g/mol. The SMILES string of the molecule is O=Cc1ccccc1-c1cncc(O)c1. The van der Waals surface area contributed by atoms with Gasteiger partial charge in [0.2, 0.25) is 0 Å². The molecule has 3 nitrogen and oxygen atoms in total. The smallest absolute Gasteiger partial charge is 0.150 e. The second kappa shape index (κ2) is 3.92. The number of carbonyl (C=O) groups is 1. The molecule has 0 unspecified atom stereocenters. The number of hydrogen-bond donors (Lipinski definition) is 1. The lowest BCUT2D eigenvalue weighted by atomic mass is 10.0. The number of aromatic nitrogens is 1. The molecule has 15 heavy (non-hydrogen) atoms. The topological polar surface area (TPSA) is 50.2 Å². The van der Waals surface area contributed by atoms with Crippen molar-refractivity contribution in [3.05, 3.63) is 48.3 Å². The molecule has 0 bridgehead atoms. The highest BCUT2D eigenvalue weighted by molar-refractivity contribution is 5.87. The third-order valence-electron chi connectivity index (χ3n) is 2.12. The van der Waals surface area contributed by atoms with Crippen LogP contribution in [0.3, 0.4) is 0 Å². The molecule has 0 aliphatic rings. The van der Waals surface area contributed by atoms with E-state index in [2.05, 4.69) is 4.98 Å². The molecular weight excluding hydrogens is 190 g/mol. The highest BCUT2D eigenvalue weighted by Gasteiger charge is 2.04. The van der Waals surface area contributed by atoms with Crippen LogP contribution in [-0.4, -0.2) is 16.4 Å². The Labute approximate surface area is 87.0 Å². The summed E-state index contributed by atoms with van der Waals surface area (Å²) in [6, 6.07) is 8.76. The molecule has 74 valence electrons. The van der Waals surface area contributed by atoms with E-state index < -0.39 is 0 Å². The zero-order chi connectivity index (χ0) is 10.7. The van der Waals surface area contributed by atoms with Crippen LogP contribution in [0.1, 0.15) is 10.4 Å². The van der Waals surface area contributed by atoms with Crippen molar-refractivity contribution >= 4 is 6.29 Å². The molecule has 0 fully saturated rings. The van der Waals surface area contributed by atoms with Crippen LogP contribution >= 0.6 is 0 Å². The van der Waals surface area contributed by atoms with Crippen LogP contribution in [0, 0.1) is 0 Å². The summed E-state index contributed by atoms with van der Waals surface area (Å²) in [5, 5.41) is 9.29. The van der Waals surface area contributed by atoms with Crippen LogP contribution in [0.25, 0.3) is 11.1 Å². The van der Waals surface area contributed by atoms with E-state index in [1.54, 1.807) is 24.4 Å². The summed E-state index contributed by atoms with van der Waals surface area (Å²) >= 11 is 0. The normalized spacial score (nSPS) is 9.87. The summed E-state index contributed by atoms with van der Waals surface area (Å²) in [4.78, 5) is 14.7. The summed E-state index contributed by atoms with van der Waals surface area (Å²) in [6.45, 7) is 0. The van der Waals surface area contributed by atoms with Crippen molar-refractivity contribution in [2.45, 2.75) is 0 Å². The Kier molecular flexibility index (Phi) is 2.46. The molecule has 2 aromatic rings. The lowest BCUT2D eigenvalue weighted by Crippen LogP contribution is -1.87. The van der Waals surface area contributed by atoms with Crippen LogP contribution < -0.4 is 0 Å². The maximum absolute atomic E-state index is 10.8. The quantitative estimate of drug-likeness (QED) is 0.755. The molecule has 1 aromatic carbocycles. The van der Waals surface area contributed by atoms with E-state index in [-0.39, 0.29) is 5.75 Å². The Balaban J connectivity index is 2.58. The van der Waals surface area contributed by atoms with Gasteiger partial charge in [-0.3, -0.25) is 9.78 Å². The van der Waals surface area contributed by atoms with Crippen LogP contribution in [0.5, 0.6) is 5.75 Å². The molecule has 1 N–H and O–H groups in total. The van der Waals surface area contributed by atoms with E-state index in [4.69, 9.17) is 0 Å². The summed E-state index contributed by atoms with van der Waals surface area (Å²) < 4.78 is 0. The molecule has 1 aromatic heterocycles. The van der Waals surface area contributed by atoms with Gasteiger partial charge in [-0.25, -0.2) is 0 Å². The molecule has 0 atom stereocenters. The van der Waals surface area contributed by atoms with Gasteiger partial charge in [0, 0.05) is 17.3 Å². The van der Waals surface area contributed by atoms with Gasteiger partial charge in [-0.2, -0.15) is 0 Å². The first-order valence-electron chi connectivity index (χ1n) is 4.50. The third kappa shape index (κ3) is 1.86. The van der Waals surface area contributed by atoms with Crippen LogP contribution in [0.2, 0.25) is 0 Å². The van der Waals surface area contributed by atoms with E-state index in [1.807, 2.05) is 12.1 Å². The third-order valence-corrected chi connectivity index (χ3v) is 2.12. The fourth-order valence-corrected chi connectivity index (χ4v) is 1.44. The van der Waals surface area contributed by atoms with Crippen LogP contribution in [0.4, 0.5) is 0 Å². The van der Waals surface area contributed by atoms with Crippen molar-refractivity contribution in [1.82, 2.24) is 4.98 Å². The fraction of sp³-hybridized carbons (Fsp3) is 0. The van der Waals surface area contributed by atoms with Gasteiger partial charge in [0.05, 0.1) is 6.20 Å². The van der Waals surface area contributed by atoms with E-state index in [0.29, 0.717) is 5.56 Å². The fourth-order valence-electron chi connectivity index (χ4n) is 1.44. The summed E-state index contributed by atoms with van der Waals surface area (Å²) in [6.07, 6.45) is 3.76. The first-order chi connectivity index (χ1) is 7.31. The maximum atomic E-state index is 10.8. The molecule has 2 rings (SSSR count). The molecule has 0 aliphatic carbocycles. The maximum Gasteiger partial charge on any atom is 0.150 e. The van der Waals surface area contributed by atoms with Crippen molar-refractivity contribution in [2.75, 3.05) is 0 Å². The standard InChI is InChI=1S/C12H9NO2/c14-8-9-3-1-2-4-12(9)10-5-11(15)7-13-6-10/h1-8,15H. The van der Waals surface area contributed by atoms with Crippen molar-refractivity contribution in [1.29, 1.82) is 0 Å². The number of hydrogen-bond acceptors (Lipinski definition) is 3. The first-order valence-corrected chi connectivity index (χ1v) is 4.50. The minimum atomic E-state index is 0.0909. The Morgan fingerprint density at radius 3 is 2.73 bits per heavy atom. The van der Waals surface area contributed by atoms with E-state index in [0.717, 1.165) is 17.4 Å². The summed E-state index contributed by atoms with van der Waals surface area (Å²) in [5.41, 5.74) is 2.10. The molecular formula is C12H9NO2. The van der Waals surface area contributed by atoms with Gasteiger partial charge < -0.3 is 5.11 Å². The number of aromatic hydroxyl groups is 1. The molecule has 0 saturated carbocycles. The Hall–Kier alpha value is -2.16. The second-order valence-electron chi connectivity index (χ2n) is 3.14. The van der Waals surface area contributed by atoms with Crippen molar-refractivity contribution in [2.24, 2.45) is 0 Å². The zero-order valence-electron chi connectivity index (χ0n) is 7.92. The van der Waals surface area contributed by atoms with Gasteiger partial charge in [0.15, 0.2) is 6.29 Å². The summed E-state index contributed by atoms with van der Waals surface area (Å²) in [7, 11) is 0. The highest BCUT2D eigenvalue weighted by atomic mass is 16.3. The molecule has 0 saturated heterocycles. The van der Waals surface area contributed by atoms with E-state index in [9.17, 15) is 9.90 Å². The molecule has 1 heterocycles. The minimum absolute atomic E-state index is 0.0909. The monoisotopic (exact) mass is 199 g/mol. The summed E-state index contributed by atoms with van der Waals surface area (Å²) in [5.74, 6) is 0.0909. The van der Waals surface area contributed by atoms with Gasteiger partial charge >= 0.3 is 0 Å². The number of rotatable bonds is 2. The number of benzene rings is 1. The largest absolute Gasteiger partial charge is 0.506 e. The van der Waals surface area contributed by atoms with Crippen molar-refractivity contribution < 1.29 is 9.90 Å². The number of carbonyl (C=O) groups excluding carboxylic acids is 1. The van der Waals surface area contributed by atoms with Gasteiger partial charge in [-0.05, 0) is 11.6 Å². The molecule has 3 heteroatoms. The van der Waals surface area contributed by atoms with Gasteiger partial charge in [0.1, 0.15) is 5.75 Å². The molecule has 0 aliphatic heterocycles. The Morgan fingerprint density at radius 1 is 1.20 bits per heavy atom. The number of aldehydes is 1. The molecule has 0 spiro atoms. The first kappa shape index (κ1) is 9.40. The lowest BCUT2D eigenvalue weighted by Gasteiger charge is -2.04. The highest BCUT2D eigenvalue weighted by Crippen LogP contribution is 2.24. The number of pyridine rings is 1. The predicted molar refractivity (Wildman–Crippen MR) is 56.7 cm³/mol. The second-order valence-corrected chi connectivity index (χ2v) is 3.14. The average Bonchev–Trinajstić information content (AvgIpc) is 2.29. The number of nitrogens with zero attached hydrogens (tertiary/aromatic N) is 1. The van der Waals surface area contributed by atoms with Gasteiger partial charge in [-0.15, -0.1) is 0 Å². The van der Waals surface area contributed by atoms with Crippen LogP contribution in [0.15, 0.2) is 42.7 Å². The zero-order valence-corrected chi connectivity index (χ0v) is 7.92. The molecule has 0 radical (unpaired) electrons. The Bertz CT molecular complexity index is 494. The van der Waals surface area contributed by atoms with E-state index >= 15 is 0 Å². The van der Waals surface area contributed by atoms with Crippen molar-refractivity contribution in [3.63, 3.8) is 0 Å². The lowest BCUT2D eigenvalue weighted by molar-refractivity contribution is 0.112. The van der Waals surface area contributed by atoms with E-state index in [1.165, 1.54) is 6.20 Å². The van der Waals surface area contributed by atoms with Crippen molar-refractivity contribution in [3.8, 4) is 16.9 Å².